The summed E-state index contributed by atoms with van der Waals surface area (Å²) in [7, 11) is 0. The molecule has 2 amide bonds. The molecule has 0 aliphatic carbocycles. The van der Waals surface area contributed by atoms with E-state index in [1.807, 2.05) is 36.1 Å². The van der Waals surface area contributed by atoms with E-state index in [9.17, 15) is 14.7 Å². The molecule has 0 saturated carbocycles. The van der Waals surface area contributed by atoms with E-state index < -0.39 is 0 Å². The van der Waals surface area contributed by atoms with Gasteiger partial charge in [-0.1, -0.05) is 0 Å². The van der Waals surface area contributed by atoms with Crippen LogP contribution in [0.5, 0.6) is 0 Å². The van der Waals surface area contributed by atoms with E-state index in [-0.39, 0.29) is 17.9 Å². The predicted octanol–water partition coefficient (Wildman–Crippen LogP) is 2.05. The van der Waals surface area contributed by atoms with Crippen LogP contribution in [0.2, 0.25) is 0 Å². The fourth-order valence-corrected chi connectivity index (χ4v) is 3.47. The van der Waals surface area contributed by atoms with Crippen LogP contribution in [0.15, 0.2) is 24.3 Å². The van der Waals surface area contributed by atoms with E-state index in [1.54, 1.807) is 4.90 Å². The summed E-state index contributed by atoms with van der Waals surface area (Å²) < 4.78 is 0. The molecule has 2 heterocycles. The number of benzene rings is 1. The fraction of sp³-hybridized carbons (Fsp3) is 0.556. The molecular weight excluding hydrogens is 292 g/mol. The van der Waals surface area contributed by atoms with Crippen LogP contribution in [0.3, 0.4) is 0 Å². The van der Waals surface area contributed by atoms with Crippen LogP contribution in [-0.2, 0) is 4.79 Å². The summed E-state index contributed by atoms with van der Waals surface area (Å²) in [6.07, 6.45) is 2.91. The fourth-order valence-electron chi connectivity index (χ4n) is 3.47. The highest BCUT2D eigenvalue weighted by Gasteiger charge is 2.26. The molecule has 1 aromatic rings. The molecule has 3 rings (SSSR count). The number of piperidine rings is 1. The number of aliphatic hydroxyl groups is 1. The average molecular weight is 316 g/mol. The van der Waals surface area contributed by atoms with Crippen molar-refractivity contribution in [2.45, 2.75) is 38.7 Å². The monoisotopic (exact) mass is 316 g/mol. The Bertz CT molecular complexity index is 574. The maximum Gasteiger partial charge on any atom is 0.253 e. The first-order valence-corrected chi connectivity index (χ1v) is 8.44. The standard InChI is InChI=1S/C18H24N2O3/c1-13(21)14-8-11-19(12-9-14)18(23)15-4-6-16(7-5-15)20-10-2-3-17(20)22/h4-7,13-14,21H,2-3,8-12H2,1H3. The second-order valence-electron chi connectivity index (χ2n) is 6.57. The molecule has 2 fully saturated rings. The first kappa shape index (κ1) is 16.0. The average Bonchev–Trinajstić information content (AvgIpc) is 3.00. The van der Waals surface area contributed by atoms with Crippen molar-refractivity contribution in [1.82, 2.24) is 4.90 Å². The maximum atomic E-state index is 12.6. The van der Waals surface area contributed by atoms with E-state index in [2.05, 4.69) is 0 Å². The summed E-state index contributed by atoms with van der Waals surface area (Å²) in [6.45, 7) is 3.97. The Labute approximate surface area is 136 Å². The van der Waals surface area contributed by atoms with Gasteiger partial charge in [-0.3, -0.25) is 9.59 Å². The summed E-state index contributed by atoms with van der Waals surface area (Å²) in [5.41, 5.74) is 1.53. The maximum absolute atomic E-state index is 12.6. The SMILES string of the molecule is CC(O)C1CCN(C(=O)c2ccc(N3CCCC3=O)cc2)CC1. The normalized spacial score (nSPS) is 20.9. The zero-order chi connectivity index (χ0) is 16.4. The minimum absolute atomic E-state index is 0.0355. The molecule has 2 aliphatic rings. The molecule has 2 aliphatic heterocycles. The molecule has 124 valence electrons. The molecule has 0 radical (unpaired) electrons. The van der Waals surface area contributed by atoms with Crippen LogP contribution in [0.25, 0.3) is 0 Å². The van der Waals surface area contributed by atoms with Crippen molar-refractivity contribution in [2.24, 2.45) is 5.92 Å². The van der Waals surface area contributed by atoms with Crippen molar-refractivity contribution >= 4 is 17.5 Å². The lowest BCUT2D eigenvalue weighted by Crippen LogP contribution is -2.40. The lowest BCUT2D eigenvalue weighted by Gasteiger charge is -2.33. The van der Waals surface area contributed by atoms with Crippen molar-refractivity contribution in [2.75, 3.05) is 24.5 Å². The van der Waals surface area contributed by atoms with Gasteiger partial charge in [0.05, 0.1) is 6.10 Å². The van der Waals surface area contributed by atoms with Gasteiger partial charge in [-0.15, -0.1) is 0 Å². The largest absolute Gasteiger partial charge is 0.393 e. The summed E-state index contributed by atoms with van der Waals surface area (Å²) >= 11 is 0. The van der Waals surface area contributed by atoms with Gasteiger partial charge < -0.3 is 14.9 Å². The molecule has 2 saturated heterocycles. The van der Waals surface area contributed by atoms with Crippen molar-refractivity contribution < 1.29 is 14.7 Å². The van der Waals surface area contributed by atoms with Crippen LogP contribution in [-0.4, -0.2) is 47.6 Å². The Morgan fingerprint density at radius 1 is 1.17 bits per heavy atom. The highest BCUT2D eigenvalue weighted by molar-refractivity contribution is 5.97. The van der Waals surface area contributed by atoms with Crippen molar-refractivity contribution in [3.63, 3.8) is 0 Å². The van der Waals surface area contributed by atoms with Gasteiger partial charge in [0, 0.05) is 37.3 Å². The van der Waals surface area contributed by atoms with Gasteiger partial charge in [-0.2, -0.15) is 0 Å². The van der Waals surface area contributed by atoms with Gasteiger partial charge in [0.1, 0.15) is 0 Å². The molecule has 1 unspecified atom stereocenters. The Morgan fingerprint density at radius 3 is 2.35 bits per heavy atom. The van der Waals surface area contributed by atoms with Crippen molar-refractivity contribution in [1.29, 1.82) is 0 Å². The van der Waals surface area contributed by atoms with Gasteiger partial charge >= 0.3 is 0 Å². The van der Waals surface area contributed by atoms with E-state index in [0.717, 1.165) is 31.5 Å². The van der Waals surface area contributed by atoms with E-state index >= 15 is 0 Å². The molecular formula is C18H24N2O3. The second-order valence-corrected chi connectivity index (χ2v) is 6.57. The van der Waals surface area contributed by atoms with Crippen LogP contribution in [0.1, 0.15) is 43.0 Å². The zero-order valence-corrected chi connectivity index (χ0v) is 13.6. The quantitative estimate of drug-likeness (QED) is 0.928. The molecule has 5 heteroatoms. The highest BCUT2D eigenvalue weighted by Crippen LogP contribution is 2.24. The predicted molar refractivity (Wildman–Crippen MR) is 88.3 cm³/mol. The molecule has 0 spiro atoms. The smallest absolute Gasteiger partial charge is 0.253 e. The van der Waals surface area contributed by atoms with Gasteiger partial charge in [0.25, 0.3) is 5.91 Å². The number of carbonyl (C=O) groups excluding carboxylic acids is 2. The third-order valence-electron chi connectivity index (χ3n) is 5.01. The lowest BCUT2D eigenvalue weighted by atomic mass is 9.92. The topological polar surface area (TPSA) is 60.9 Å². The number of likely N-dealkylation sites (tertiary alicyclic amines) is 1. The second kappa shape index (κ2) is 6.71. The van der Waals surface area contributed by atoms with Gasteiger partial charge in [0.2, 0.25) is 5.91 Å². The van der Waals surface area contributed by atoms with E-state index in [0.29, 0.717) is 31.0 Å². The first-order chi connectivity index (χ1) is 11.1. The summed E-state index contributed by atoms with van der Waals surface area (Å²) in [5, 5.41) is 9.64. The third-order valence-corrected chi connectivity index (χ3v) is 5.01. The number of aliphatic hydroxyl groups excluding tert-OH is 1. The minimum atomic E-state index is -0.301. The first-order valence-electron chi connectivity index (χ1n) is 8.44. The number of hydrogen-bond donors (Lipinski definition) is 1. The number of nitrogens with zero attached hydrogens (tertiary/aromatic N) is 2. The Hall–Kier alpha value is -1.88. The molecule has 5 nitrogen and oxygen atoms in total. The summed E-state index contributed by atoms with van der Waals surface area (Å²) in [5.74, 6) is 0.486. The number of amides is 2. The lowest BCUT2D eigenvalue weighted by molar-refractivity contribution is -0.117. The van der Waals surface area contributed by atoms with Crippen LogP contribution in [0.4, 0.5) is 5.69 Å². The number of rotatable bonds is 3. The molecule has 0 bridgehead atoms. The summed E-state index contributed by atoms with van der Waals surface area (Å²) in [6, 6.07) is 7.34. The van der Waals surface area contributed by atoms with Gasteiger partial charge in [0.15, 0.2) is 0 Å². The Morgan fingerprint density at radius 2 is 1.83 bits per heavy atom. The van der Waals surface area contributed by atoms with Crippen LogP contribution >= 0.6 is 0 Å². The Kier molecular flexibility index (Phi) is 4.66. The number of hydrogen-bond acceptors (Lipinski definition) is 3. The third kappa shape index (κ3) is 3.39. The molecule has 23 heavy (non-hydrogen) atoms. The Balaban J connectivity index is 1.63. The molecule has 1 N–H and O–H groups in total. The minimum Gasteiger partial charge on any atom is -0.393 e. The summed E-state index contributed by atoms with van der Waals surface area (Å²) in [4.78, 5) is 27.9. The number of anilines is 1. The van der Waals surface area contributed by atoms with E-state index in [4.69, 9.17) is 0 Å². The molecule has 0 aromatic heterocycles. The molecule has 1 aromatic carbocycles. The van der Waals surface area contributed by atoms with Gasteiger partial charge in [-0.05, 0) is 56.4 Å². The van der Waals surface area contributed by atoms with Crippen molar-refractivity contribution in [3.05, 3.63) is 29.8 Å². The van der Waals surface area contributed by atoms with Crippen molar-refractivity contribution in [3.8, 4) is 0 Å². The number of carbonyl (C=O) groups is 2. The van der Waals surface area contributed by atoms with Crippen LogP contribution in [0, 0.1) is 5.92 Å². The van der Waals surface area contributed by atoms with Crippen LogP contribution < -0.4 is 4.90 Å². The highest BCUT2D eigenvalue weighted by atomic mass is 16.3. The van der Waals surface area contributed by atoms with Gasteiger partial charge in [-0.25, -0.2) is 0 Å². The zero-order valence-electron chi connectivity index (χ0n) is 13.6. The van der Waals surface area contributed by atoms with E-state index in [1.165, 1.54) is 0 Å². The molecule has 1 atom stereocenters.